The molecule has 6 nitrogen and oxygen atoms in total. The van der Waals surface area contributed by atoms with Gasteiger partial charge in [0.05, 0.1) is 18.7 Å². The third-order valence-corrected chi connectivity index (χ3v) is 5.94. The molecule has 0 radical (unpaired) electrons. The Bertz CT molecular complexity index is 677. The third-order valence-electron chi connectivity index (χ3n) is 5.66. The van der Waals surface area contributed by atoms with Crippen LogP contribution in [0.3, 0.4) is 0 Å². The molecule has 2 aliphatic rings. The van der Waals surface area contributed by atoms with Crippen molar-refractivity contribution in [2.45, 2.75) is 57.7 Å². The van der Waals surface area contributed by atoms with Gasteiger partial charge in [0.1, 0.15) is 0 Å². The fraction of sp³-hybridized carbons (Fsp3) is 0.667. The summed E-state index contributed by atoms with van der Waals surface area (Å²) in [5.74, 6) is 2.07. The molecule has 1 aromatic rings. The van der Waals surface area contributed by atoms with Crippen LogP contribution in [0.15, 0.2) is 17.1 Å². The lowest BCUT2D eigenvalue weighted by Crippen LogP contribution is -2.45. The first-order chi connectivity index (χ1) is 13.6. The van der Waals surface area contributed by atoms with E-state index in [1.54, 1.807) is 7.11 Å². The van der Waals surface area contributed by atoms with Crippen LogP contribution in [-0.4, -0.2) is 56.8 Å². The molecule has 1 saturated heterocycles. The summed E-state index contributed by atoms with van der Waals surface area (Å²) in [7, 11) is 3.44. The molecule has 1 atom stereocenters. The van der Waals surface area contributed by atoms with E-state index in [1.807, 2.05) is 26.1 Å². The second kappa shape index (κ2) is 10.2. The molecule has 156 valence electrons. The summed E-state index contributed by atoms with van der Waals surface area (Å²) in [6, 6.07) is 5.10. The first-order valence-corrected chi connectivity index (χ1v) is 10.7. The first kappa shape index (κ1) is 21.1. The molecule has 1 aliphatic heterocycles. The molecule has 0 aromatic heterocycles. The van der Waals surface area contributed by atoms with Crippen LogP contribution in [0.1, 0.15) is 44.6 Å². The second-order valence-electron chi connectivity index (χ2n) is 7.53. The molecule has 1 aliphatic carbocycles. The number of nitrogens with one attached hydrogen (secondary N) is 2. The topological polar surface area (TPSA) is 58.1 Å². The Morgan fingerprint density at radius 3 is 2.75 bits per heavy atom. The van der Waals surface area contributed by atoms with Gasteiger partial charge in [0.2, 0.25) is 0 Å². The summed E-state index contributed by atoms with van der Waals surface area (Å²) in [4.78, 5) is 7.04. The van der Waals surface area contributed by atoms with Crippen molar-refractivity contribution in [1.82, 2.24) is 15.5 Å². The fourth-order valence-electron chi connectivity index (χ4n) is 4.24. The first-order valence-electron chi connectivity index (χ1n) is 10.3. The van der Waals surface area contributed by atoms with E-state index < -0.39 is 0 Å². The van der Waals surface area contributed by atoms with Gasteiger partial charge in [-0.2, -0.15) is 0 Å². The minimum atomic E-state index is 0.449. The van der Waals surface area contributed by atoms with E-state index in [0.29, 0.717) is 35.7 Å². The lowest BCUT2D eigenvalue weighted by molar-refractivity contribution is 0.242. The Morgan fingerprint density at radius 2 is 2.07 bits per heavy atom. The van der Waals surface area contributed by atoms with E-state index in [9.17, 15) is 0 Å². The maximum absolute atomic E-state index is 6.37. The Morgan fingerprint density at radius 1 is 1.29 bits per heavy atom. The maximum Gasteiger partial charge on any atom is 0.191 e. The summed E-state index contributed by atoms with van der Waals surface area (Å²) >= 11 is 6.37. The standard InChI is InChI=1S/C21H33ClN4O2/c1-4-28-20-18(22)11-15(12-19(20)27-3)13-24-21(23-2)25-16-9-10-26(14-16)17-7-5-6-8-17/h11-12,16-17H,4-10,13-14H2,1-3H3,(H2,23,24,25). The van der Waals surface area contributed by atoms with Crippen LogP contribution in [0.2, 0.25) is 5.02 Å². The molecule has 1 heterocycles. The van der Waals surface area contributed by atoms with E-state index in [4.69, 9.17) is 21.1 Å². The number of ether oxygens (including phenoxy) is 2. The number of nitrogens with zero attached hydrogens (tertiary/aromatic N) is 2. The number of rotatable bonds is 7. The van der Waals surface area contributed by atoms with Crippen LogP contribution in [0, 0.1) is 0 Å². The zero-order chi connectivity index (χ0) is 19.9. The van der Waals surface area contributed by atoms with Crippen molar-refractivity contribution >= 4 is 17.6 Å². The lowest BCUT2D eigenvalue weighted by Gasteiger charge is -2.24. The lowest BCUT2D eigenvalue weighted by atomic mass is 10.2. The highest BCUT2D eigenvalue weighted by Crippen LogP contribution is 2.36. The van der Waals surface area contributed by atoms with Crippen molar-refractivity contribution in [3.05, 3.63) is 22.7 Å². The zero-order valence-corrected chi connectivity index (χ0v) is 18.0. The molecule has 28 heavy (non-hydrogen) atoms. The SMILES string of the molecule is CCOc1c(Cl)cc(CNC(=NC)NC2CCN(C3CCCC3)C2)cc1OC. The van der Waals surface area contributed by atoms with Gasteiger partial charge in [-0.1, -0.05) is 24.4 Å². The van der Waals surface area contributed by atoms with Crippen LogP contribution in [0.5, 0.6) is 11.5 Å². The number of hydrogen-bond acceptors (Lipinski definition) is 4. The Labute approximate surface area is 173 Å². The van der Waals surface area contributed by atoms with Gasteiger partial charge < -0.3 is 20.1 Å². The molecular formula is C21H33ClN4O2. The minimum Gasteiger partial charge on any atom is -0.493 e. The number of guanidine groups is 1. The summed E-state index contributed by atoms with van der Waals surface area (Å²) in [6.07, 6.45) is 6.66. The van der Waals surface area contributed by atoms with Crippen molar-refractivity contribution in [1.29, 1.82) is 0 Å². The van der Waals surface area contributed by atoms with Gasteiger partial charge in [0.25, 0.3) is 0 Å². The minimum absolute atomic E-state index is 0.449. The Balaban J connectivity index is 1.53. The second-order valence-corrected chi connectivity index (χ2v) is 7.94. The molecule has 0 bridgehead atoms. The van der Waals surface area contributed by atoms with E-state index in [2.05, 4.69) is 20.5 Å². The number of halogens is 1. The quantitative estimate of drug-likeness (QED) is 0.534. The van der Waals surface area contributed by atoms with Crippen molar-refractivity contribution in [2.24, 2.45) is 4.99 Å². The largest absolute Gasteiger partial charge is 0.493 e. The van der Waals surface area contributed by atoms with Gasteiger partial charge in [0, 0.05) is 38.8 Å². The highest BCUT2D eigenvalue weighted by Gasteiger charge is 2.30. The Kier molecular flexibility index (Phi) is 7.68. The van der Waals surface area contributed by atoms with Gasteiger partial charge in [-0.15, -0.1) is 0 Å². The van der Waals surface area contributed by atoms with Crippen molar-refractivity contribution < 1.29 is 9.47 Å². The number of benzene rings is 1. The molecule has 2 N–H and O–H groups in total. The van der Waals surface area contributed by atoms with Gasteiger partial charge in [-0.3, -0.25) is 9.89 Å². The van der Waals surface area contributed by atoms with Gasteiger partial charge in [0.15, 0.2) is 17.5 Å². The summed E-state index contributed by atoms with van der Waals surface area (Å²) in [6.45, 7) is 5.38. The zero-order valence-electron chi connectivity index (χ0n) is 17.3. The summed E-state index contributed by atoms with van der Waals surface area (Å²) in [5.41, 5.74) is 1.02. The van der Waals surface area contributed by atoms with Crippen LogP contribution in [0.4, 0.5) is 0 Å². The van der Waals surface area contributed by atoms with E-state index in [1.165, 1.54) is 38.6 Å². The summed E-state index contributed by atoms with van der Waals surface area (Å²) < 4.78 is 11.0. The molecule has 1 unspecified atom stereocenters. The molecule has 2 fully saturated rings. The van der Waals surface area contributed by atoms with Gasteiger partial charge in [-0.05, 0) is 43.9 Å². The Hall–Kier alpha value is -1.66. The molecule has 1 aromatic carbocycles. The molecule has 3 rings (SSSR count). The number of methoxy groups -OCH3 is 1. The fourth-order valence-corrected chi connectivity index (χ4v) is 4.53. The average molecular weight is 409 g/mol. The van der Waals surface area contributed by atoms with Crippen molar-refractivity contribution in [3.63, 3.8) is 0 Å². The average Bonchev–Trinajstić information content (AvgIpc) is 3.38. The van der Waals surface area contributed by atoms with Crippen LogP contribution < -0.4 is 20.1 Å². The number of hydrogen-bond donors (Lipinski definition) is 2. The predicted molar refractivity (Wildman–Crippen MR) is 115 cm³/mol. The smallest absolute Gasteiger partial charge is 0.191 e. The third kappa shape index (κ3) is 5.23. The summed E-state index contributed by atoms with van der Waals surface area (Å²) in [5, 5.41) is 7.52. The van der Waals surface area contributed by atoms with E-state index in [-0.39, 0.29) is 0 Å². The molecule has 0 amide bonds. The monoisotopic (exact) mass is 408 g/mol. The van der Waals surface area contributed by atoms with Crippen LogP contribution in [-0.2, 0) is 6.54 Å². The van der Waals surface area contributed by atoms with Crippen molar-refractivity contribution in [3.8, 4) is 11.5 Å². The predicted octanol–water partition coefficient (Wildman–Crippen LogP) is 3.43. The molecule has 1 saturated carbocycles. The number of likely N-dealkylation sites (tertiary alicyclic amines) is 1. The molecular weight excluding hydrogens is 376 g/mol. The molecule has 0 spiro atoms. The van der Waals surface area contributed by atoms with Crippen molar-refractivity contribution in [2.75, 3.05) is 33.9 Å². The molecule has 7 heteroatoms. The normalized spacial score (nSPS) is 21.1. The maximum atomic E-state index is 6.37. The highest BCUT2D eigenvalue weighted by atomic mass is 35.5. The van der Waals surface area contributed by atoms with Gasteiger partial charge >= 0.3 is 0 Å². The van der Waals surface area contributed by atoms with E-state index in [0.717, 1.165) is 24.1 Å². The van der Waals surface area contributed by atoms with E-state index >= 15 is 0 Å². The van der Waals surface area contributed by atoms with Gasteiger partial charge in [-0.25, -0.2) is 0 Å². The highest BCUT2D eigenvalue weighted by molar-refractivity contribution is 6.32. The van der Waals surface area contributed by atoms with Crippen LogP contribution >= 0.6 is 11.6 Å². The number of aliphatic imine (C=N–C) groups is 1. The van der Waals surface area contributed by atoms with Crippen LogP contribution in [0.25, 0.3) is 0 Å².